The van der Waals surface area contributed by atoms with Crippen LogP contribution in [0, 0.1) is 19.7 Å². The molecular weight excluding hydrogens is 766 g/mol. The van der Waals surface area contributed by atoms with Gasteiger partial charge in [-0.15, -0.1) is 0 Å². The van der Waals surface area contributed by atoms with Crippen LogP contribution in [0.25, 0.3) is 16.8 Å². The summed E-state index contributed by atoms with van der Waals surface area (Å²) >= 11 is 2.01. The molecule has 0 radical (unpaired) electrons. The van der Waals surface area contributed by atoms with Gasteiger partial charge in [0.25, 0.3) is 11.8 Å². The first-order valence-corrected chi connectivity index (χ1v) is 22.0. The van der Waals surface area contributed by atoms with Crippen LogP contribution in [0.15, 0.2) is 67.0 Å². The molecule has 14 heteroatoms. The lowest BCUT2D eigenvalue weighted by Crippen LogP contribution is -2.53. The molecule has 1 saturated carbocycles. The van der Waals surface area contributed by atoms with Gasteiger partial charge in [-0.05, 0) is 99.9 Å². The lowest BCUT2D eigenvalue weighted by atomic mass is 9.91. The molecule has 2 aliphatic heterocycles. The number of carbonyl (C=O) groups is 2. The second-order valence-electron chi connectivity index (χ2n) is 16.5. The molecule has 3 aromatic heterocycles. The third-order valence-electron chi connectivity index (χ3n) is 11.5. The molecule has 3 N–H and O–H groups in total. The van der Waals surface area contributed by atoms with Crippen molar-refractivity contribution >= 4 is 29.2 Å². The van der Waals surface area contributed by atoms with E-state index in [0.29, 0.717) is 54.7 Å². The first-order valence-electron chi connectivity index (χ1n) is 20.8. The van der Waals surface area contributed by atoms with Crippen molar-refractivity contribution in [1.82, 2.24) is 45.3 Å². The summed E-state index contributed by atoms with van der Waals surface area (Å²) in [6, 6.07) is 18.5. The average molecular weight is 820 g/mol. The summed E-state index contributed by atoms with van der Waals surface area (Å²) in [5.74, 6) is 1.52. The Morgan fingerprint density at radius 1 is 0.864 bits per heavy atom. The molecule has 2 atom stereocenters. The minimum absolute atomic E-state index is 0.0292. The highest BCUT2D eigenvalue weighted by Gasteiger charge is 2.28. The van der Waals surface area contributed by atoms with E-state index in [4.69, 9.17) is 4.74 Å². The highest BCUT2D eigenvalue weighted by Crippen LogP contribution is 2.33. The number of hydrogen-bond donors (Lipinski definition) is 3. The summed E-state index contributed by atoms with van der Waals surface area (Å²) in [6.45, 7) is 14.2. The lowest BCUT2D eigenvalue weighted by Gasteiger charge is -2.36. The number of benzene rings is 2. The summed E-state index contributed by atoms with van der Waals surface area (Å²) in [6.07, 6.45) is 5.26. The molecule has 8 rings (SSSR count). The average Bonchev–Trinajstić information content (AvgIpc) is 3.64. The Hall–Kier alpha value is -4.89. The van der Waals surface area contributed by atoms with Crippen LogP contribution in [-0.2, 0) is 13.1 Å². The number of carbonyl (C=O) groups excluding carboxylic acids is 2. The number of nitrogens with one attached hydrogen (secondary N) is 3. The van der Waals surface area contributed by atoms with Gasteiger partial charge < -0.3 is 20.7 Å². The maximum absolute atomic E-state index is 14.6. The van der Waals surface area contributed by atoms with E-state index >= 15 is 0 Å². The number of pyridine rings is 1. The number of fused-ring (bicyclic) bond motifs is 1. The number of amides is 2. The molecule has 2 amide bonds. The molecular formula is C45H54FN9O3S. The van der Waals surface area contributed by atoms with Gasteiger partial charge in [-0.1, -0.05) is 30.3 Å². The zero-order valence-corrected chi connectivity index (χ0v) is 35.2. The lowest BCUT2D eigenvalue weighted by molar-refractivity contribution is 0.0890. The summed E-state index contributed by atoms with van der Waals surface area (Å²) in [5.41, 5.74) is 7.44. The van der Waals surface area contributed by atoms with Crippen molar-refractivity contribution in [1.29, 1.82) is 0 Å². The maximum atomic E-state index is 14.6. The molecule has 12 nitrogen and oxygen atoms in total. The van der Waals surface area contributed by atoms with Gasteiger partial charge in [0.05, 0.1) is 12.4 Å². The molecule has 310 valence electrons. The predicted octanol–water partition coefficient (Wildman–Crippen LogP) is 6.54. The van der Waals surface area contributed by atoms with Crippen LogP contribution in [0.4, 0.5) is 4.39 Å². The second-order valence-corrected chi connectivity index (χ2v) is 17.7. The van der Waals surface area contributed by atoms with Gasteiger partial charge in [0.1, 0.15) is 22.7 Å². The van der Waals surface area contributed by atoms with E-state index in [-0.39, 0.29) is 29.4 Å². The molecule has 3 fully saturated rings. The topological polar surface area (TPSA) is 129 Å². The fraction of sp³-hybridized carbons (Fsp3) is 0.444. The van der Waals surface area contributed by atoms with E-state index in [0.717, 1.165) is 79.5 Å². The zero-order valence-electron chi connectivity index (χ0n) is 34.3. The van der Waals surface area contributed by atoms with E-state index in [2.05, 4.69) is 78.9 Å². The van der Waals surface area contributed by atoms with E-state index < -0.39 is 11.7 Å². The van der Waals surface area contributed by atoms with Crippen LogP contribution < -0.4 is 20.7 Å². The fourth-order valence-corrected chi connectivity index (χ4v) is 9.81. The van der Waals surface area contributed by atoms with Gasteiger partial charge in [-0.2, -0.15) is 16.9 Å². The van der Waals surface area contributed by atoms with Crippen LogP contribution in [-0.4, -0.2) is 103 Å². The van der Waals surface area contributed by atoms with E-state index in [1.54, 1.807) is 10.7 Å². The Balaban J connectivity index is 0.934. The number of nitrogens with zero attached hydrogens (tertiary/aromatic N) is 6. The van der Waals surface area contributed by atoms with Gasteiger partial charge in [-0.25, -0.2) is 18.9 Å². The highest BCUT2D eigenvalue weighted by atomic mass is 32.2. The molecule has 2 aromatic carbocycles. The monoisotopic (exact) mass is 819 g/mol. The Bertz CT molecular complexity index is 2300. The van der Waals surface area contributed by atoms with Crippen LogP contribution in [0.1, 0.15) is 82.8 Å². The first-order chi connectivity index (χ1) is 28.5. The largest absolute Gasteiger partial charge is 0.438 e. The molecule has 5 aromatic rings. The molecule has 5 heterocycles. The van der Waals surface area contributed by atoms with Crippen LogP contribution in [0.2, 0.25) is 0 Å². The Morgan fingerprint density at radius 2 is 1.58 bits per heavy atom. The Kier molecular flexibility index (Phi) is 12.6. The van der Waals surface area contributed by atoms with Crippen molar-refractivity contribution in [2.75, 3.05) is 37.7 Å². The van der Waals surface area contributed by atoms with Crippen molar-refractivity contribution in [3.05, 3.63) is 106 Å². The molecule has 0 unspecified atom stereocenters. The van der Waals surface area contributed by atoms with E-state index in [9.17, 15) is 14.0 Å². The van der Waals surface area contributed by atoms with Gasteiger partial charge in [0.2, 0.25) is 5.88 Å². The van der Waals surface area contributed by atoms with Gasteiger partial charge in [0.15, 0.2) is 5.65 Å². The van der Waals surface area contributed by atoms with E-state index in [1.165, 1.54) is 17.2 Å². The molecule has 0 spiro atoms. The summed E-state index contributed by atoms with van der Waals surface area (Å²) < 4.78 is 22.6. The second kappa shape index (κ2) is 18.2. The summed E-state index contributed by atoms with van der Waals surface area (Å²) in [4.78, 5) is 40.8. The molecule has 3 aliphatic rings. The number of piperazine rings is 1. The zero-order chi connectivity index (χ0) is 41.0. The quantitative estimate of drug-likeness (QED) is 0.135. The first kappa shape index (κ1) is 40.9. The van der Waals surface area contributed by atoms with Crippen LogP contribution >= 0.6 is 11.8 Å². The normalized spacial score (nSPS) is 21.6. The number of halogens is 1. The smallest absolute Gasteiger partial charge is 0.257 e. The van der Waals surface area contributed by atoms with Crippen molar-refractivity contribution < 1.29 is 18.7 Å². The van der Waals surface area contributed by atoms with Gasteiger partial charge >= 0.3 is 0 Å². The van der Waals surface area contributed by atoms with Crippen molar-refractivity contribution in [3.8, 4) is 22.8 Å². The third kappa shape index (κ3) is 9.95. The third-order valence-corrected chi connectivity index (χ3v) is 12.5. The number of thioether (sulfide) groups is 1. The molecule has 2 saturated heterocycles. The molecule has 1 aliphatic carbocycles. The van der Waals surface area contributed by atoms with E-state index in [1.807, 2.05) is 49.9 Å². The highest BCUT2D eigenvalue weighted by molar-refractivity contribution is 7.99. The fourth-order valence-electron chi connectivity index (χ4n) is 8.83. The Morgan fingerprint density at radius 3 is 2.31 bits per heavy atom. The number of aryl methyl sites for hydroxylation is 2. The standard InChI is InChI=1S/C45H54FN9O3S/c1-28-18-31(4)55-42(50-28)41(23-48-55)44(57)52-37-11-9-36(10-12-37)51-43(56)40-21-35(46)22-47-45(40)58-38-7-5-6-33(20-38)39-13-8-32(26-54-24-29(2)49-30(3)25-54)19-34(39)27-53-14-16-59-17-15-53/h5-8,13,18-23,29-30,36-37,49H,9-12,14-17,24-27H2,1-4H3,(H,51,56)(H,52,57)/t29-,30+,36?,37?. The Labute approximate surface area is 349 Å². The number of rotatable bonds is 11. The maximum Gasteiger partial charge on any atom is 0.257 e. The summed E-state index contributed by atoms with van der Waals surface area (Å²) in [5, 5.41) is 14.2. The summed E-state index contributed by atoms with van der Waals surface area (Å²) in [7, 11) is 0. The minimum Gasteiger partial charge on any atom is -0.438 e. The SMILES string of the molecule is Cc1cc(C)n2ncc(C(=O)NC3CCC(NC(=O)c4cc(F)cnc4Oc4cccc(-c5ccc(CN6C[C@@H](C)N[C@@H](C)C6)cc5CN5CCSCC5)c4)CC3)c2n1. The minimum atomic E-state index is -0.624. The van der Waals surface area contributed by atoms with Gasteiger partial charge in [-0.3, -0.25) is 19.4 Å². The van der Waals surface area contributed by atoms with Crippen molar-refractivity contribution in [2.24, 2.45) is 0 Å². The predicted molar refractivity (Wildman–Crippen MR) is 230 cm³/mol. The number of aromatic nitrogens is 4. The van der Waals surface area contributed by atoms with Gasteiger partial charge in [0, 0.05) is 86.3 Å². The van der Waals surface area contributed by atoms with Crippen molar-refractivity contribution in [2.45, 2.75) is 90.6 Å². The molecule has 0 bridgehead atoms. The molecule has 59 heavy (non-hydrogen) atoms. The number of ether oxygens (including phenoxy) is 1. The number of hydrogen-bond acceptors (Lipinski definition) is 10. The van der Waals surface area contributed by atoms with Crippen LogP contribution in [0.5, 0.6) is 11.6 Å². The van der Waals surface area contributed by atoms with Crippen molar-refractivity contribution in [3.63, 3.8) is 0 Å². The van der Waals surface area contributed by atoms with Crippen LogP contribution in [0.3, 0.4) is 0 Å².